The van der Waals surface area contributed by atoms with Crippen LogP contribution in [0.2, 0.25) is 0 Å². The number of ether oxygens (including phenoxy) is 5. The van der Waals surface area contributed by atoms with Gasteiger partial charge in [0.2, 0.25) is 0 Å². The molecule has 2 aliphatic rings. The van der Waals surface area contributed by atoms with Gasteiger partial charge in [-0.05, 0) is 63.8 Å². The van der Waals surface area contributed by atoms with Crippen molar-refractivity contribution >= 4 is 12.0 Å². The second-order valence-corrected chi connectivity index (χ2v) is 11.6. The standard InChI is InChI=1S/C32H44N2O7/c1-23(34(26-13-14-26)30(35)29-21-33(16-19-39-29)31(36)41-32(2,3)4)25-12-15-27(28(20-25)38-18-9-17-37-5)40-22-24-10-7-6-8-11-24/h6-8,10-12,15,20,23,26,29H,9,13-14,16-19,21-22H2,1-5H3. The Bertz CT molecular complexity index is 1150. The number of rotatable bonds is 12. The van der Waals surface area contributed by atoms with Crippen LogP contribution in [-0.4, -0.2) is 79.6 Å². The zero-order valence-electron chi connectivity index (χ0n) is 25.0. The van der Waals surface area contributed by atoms with E-state index in [1.54, 1.807) is 12.0 Å². The van der Waals surface area contributed by atoms with Crippen LogP contribution in [-0.2, 0) is 25.6 Å². The Morgan fingerprint density at radius 1 is 1.05 bits per heavy atom. The van der Waals surface area contributed by atoms with E-state index in [1.807, 2.05) is 81.1 Å². The van der Waals surface area contributed by atoms with E-state index in [0.29, 0.717) is 37.9 Å². The zero-order valence-corrected chi connectivity index (χ0v) is 25.0. The average Bonchev–Trinajstić information content (AvgIpc) is 3.79. The lowest BCUT2D eigenvalue weighted by Crippen LogP contribution is -2.54. The van der Waals surface area contributed by atoms with E-state index < -0.39 is 17.8 Å². The molecule has 0 radical (unpaired) electrons. The molecule has 1 aliphatic heterocycles. The highest BCUT2D eigenvalue weighted by molar-refractivity contribution is 5.83. The van der Waals surface area contributed by atoms with Crippen LogP contribution in [0.5, 0.6) is 11.5 Å². The first-order valence-corrected chi connectivity index (χ1v) is 14.5. The van der Waals surface area contributed by atoms with Crippen molar-refractivity contribution in [3.8, 4) is 11.5 Å². The predicted octanol–water partition coefficient (Wildman–Crippen LogP) is 5.37. The highest BCUT2D eigenvalue weighted by Gasteiger charge is 2.42. The Hall–Kier alpha value is -3.30. The molecule has 9 nitrogen and oxygen atoms in total. The summed E-state index contributed by atoms with van der Waals surface area (Å²) in [6.45, 7) is 9.87. The highest BCUT2D eigenvalue weighted by atomic mass is 16.6. The number of benzene rings is 2. The summed E-state index contributed by atoms with van der Waals surface area (Å²) in [5.74, 6) is 1.17. The number of hydrogen-bond acceptors (Lipinski definition) is 7. The van der Waals surface area contributed by atoms with Crippen molar-refractivity contribution in [2.45, 2.75) is 77.4 Å². The van der Waals surface area contributed by atoms with E-state index >= 15 is 0 Å². The molecule has 1 aliphatic carbocycles. The van der Waals surface area contributed by atoms with E-state index in [1.165, 1.54) is 0 Å². The number of carbonyl (C=O) groups is 2. The molecular weight excluding hydrogens is 524 g/mol. The monoisotopic (exact) mass is 568 g/mol. The van der Waals surface area contributed by atoms with Gasteiger partial charge in [0.25, 0.3) is 5.91 Å². The molecule has 9 heteroatoms. The SMILES string of the molecule is COCCCOc1cc(C(C)N(C(=O)C2CN(C(=O)OC(C)(C)C)CCO2)C2CC2)ccc1OCc1ccccc1. The summed E-state index contributed by atoms with van der Waals surface area (Å²) in [6.07, 6.45) is 1.46. The molecule has 2 atom stereocenters. The molecule has 0 spiro atoms. The van der Waals surface area contributed by atoms with Crippen LogP contribution in [0.3, 0.4) is 0 Å². The van der Waals surface area contributed by atoms with Crippen LogP contribution < -0.4 is 9.47 Å². The second kappa shape index (κ2) is 14.0. The van der Waals surface area contributed by atoms with Crippen molar-refractivity contribution in [2.24, 2.45) is 0 Å². The molecule has 0 N–H and O–H groups in total. The van der Waals surface area contributed by atoms with Gasteiger partial charge in [0, 0.05) is 32.7 Å². The number of morpholine rings is 1. The molecule has 4 rings (SSSR count). The molecule has 2 aromatic rings. The topological polar surface area (TPSA) is 86.8 Å². The smallest absolute Gasteiger partial charge is 0.410 e. The van der Waals surface area contributed by atoms with Gasteiger partial charge in [0.05, 0.1) is 25.8 Å². The van der Waals surface area contributed by atoms with E-state index in [2.05, 4.69) is 0 Å². The van der Waals surface area contributed by atoms with Gasteiger partial charge in [-0.1, -0.05) is 36.4 Å². The Morgan fingerprint density at radius 3 is 2.49 bits per heavy atom. The second-order valence-electron chi connectivity index (χ2n) is 11.6. The molecule has 2 unspecified atom stereocenters. The lowest BCUT2D eigenvalue weighted by molar-refractivity contribution is -0.151. The maximum atomic E-state index is 13.9. The minimum absolute atomic E-state index is 0.111. The lowest BCUT2D eigenvalue weighted by atomic mass is 10.0. The Labute approximate surface area is 243 Å². The Morgan fingerprint density at radius 2 is 1.80 bits per heavy atom. The zero-order chi connectivity index (χ0) is 29.4. The molecule has 1 heterocycles. The number of amides is 2. The minimum atomic E-state index is -0.738. The van der Waals surface area contributed by atoms with Crippen molar-refractivity contribution in [1.82, 2.24) is 9.80 Å². The summed E-state index contributed by atoms with van der Waals surface area (Å²) in [5, 5.41) is 0. The molecular formula is C32H44N2O7. The first kappa shape index (κ1) is 30.7. The number of methoxy groups -OCH3 is 1. The van der Waals surface area contributed by atoms with Crippen molar-refractivity contribution < 1.29 is 33.3 Å². The van der Waals surface area contributed by atoms with E-state index in [4.69, 9.17) is 23.7 Å². The normalized spacial score (nSPS) is 18.0. The van der Waals surface area contributed by atoms with Crippen molar-refractivity contribution in [3.05, 3.63) is 59.7 Å². The number of hydrogen-bond donors (Lipinski definition) is 0. The first-order chi connectivity index (χ1) is 19.7. The van der Waals surface area contributed by atoms with Gasteiger partial charge in [0.1, 0.15) is 12.2 Å². The summed E-state index contributed by atoms with van der Waals surface area (Å²) in [5.41, 5.74) is 1.40. The molecule has 2 aromatic carbocycles. The molecule has 224 valence electrons. The van der Waals surface area contributed by atoms with E-state index in [-0.39, 0.29) is 31.1 Å². The third kappa shape index (κ3) is 8.84. The molecule has 2 fully saturated rings. The molecule has 0 aromatic heterocycles. The fourth-order valence-corrected chi connectivity index (χ4v) is 4.79. The van der Waals surface area contributed by atoms with Crippen molar-refractivity contribution in [3.63, 3.8) is 0 Å². The first-order valence-electron chi connectivity index (χ1n) is 14.5. The van der Waals surface area contributed by atoms with E-state index in [0.717, 1.165) is 30.4 Å². The van der Waals surface area contributed by atoms with Crippen LogP contribution in [0.15, 0.2) is 48.5 Å². The van der Waals surface area contributed by atoms with E-state index in [9.17, 15) is 9.59 Å². The highest BCUT2D eigenvalue weighted by Crippen LogP contribution is 2.38. The number of nitrogens with zero attached hydrogens (tertiary/aromatic N) is 2. The maximum Gasteiger partial charge on any atom is 0.410 e. The summed E-state index contributed by atoms with van der Waals surface area (Å²) in [6, 6.07) is 15.8. The predicted molar refractivity (Wildman–Crippen MR) is 155 cm³/mol. The van der Waals surface area contributed by atoms with Crippen LogP contribution in [0, 0.1) is 0 Å². The maximum absolute atomic E-state index is 13.9. The van der Waals surface area contributed by atoms with Crippen LogP contribution in [0.1, 0.15) is 64.1 Å². The summed E-state index contributed by atoms with van der Waals surface area (Å²) < 4.78 is 28.9. The quantitative estimate of drug-likeness (QED) is 0.318. The minimum Gasteiger partial charge on any atom is -0.490 e. The lowest BCUT2D eigenvalue weighted by Gasteiger charge is -2.38. The molecule has 41 heavy (non-hydrogen) atoms. The van der Waals surface area contributed by atoms with Crippen LogP contribution in [0.4, 0.5) is 4.79 Å². The van der Waals surface area contributed by atoms with Crippen LogP contribution in [0.25, 0.3) is 0 Å². The van der Waals surface area contributed by atoms with Gasteiger partial charge >= 0.3 is 6.09 Å². The van der Waals surface area contributed by atoms with Gasteiger partial charge in [-0.15, -0.1) is 0 Å². The molecule has 1 saturated carbocycles. The number of carbonyl (C=O) groups excluding carboxylic acids is 2. The van der Waals surface area contributed by atoms with Gasteiger partial charge < -0.3 is 33.5 Å². The molecule has 1 saturated heterocycles. The van der Waals surface area contributed by atoms with Gasteiger partial charge in [0.15, 0.2) is 17.6 Å². The summed E-state index contributed by atoms with van der Waals surface area (Å²) in [7, 11) is 1.67. The van der Waals surface area contributed by atoms with Crippen molar-refractivity contribution in [1.29, 1.82) is 0 Å². The van der Waals surface area contributed by atoms with Crippen LogP contribution >= 0.6 is 0 Å². The van der Waals surface area contributed by atoms with Gasteiger partial charge in [-0.2, -0.15) is 0 Å². The third-order valence-corrected chi connectivity index (χ3v) is 7.04. The summed E-state index contributed by atoms with van der Waals surface area (Å²) >= 11 is 0. The third-order valence-electron chi connectivity index (χ3n) is 7.04. The van der Waals surface area contributed by atoms with Crippen molar-refractivity contribution in [2.75, 3.05) is 40.0 Å². The fourth-order valence-electron chi connectivity index (χ4n) is 4.79. The van der Waals surface area contributed by atoms with Gasteiger partial charge in [-0.3, -0.25) is 4.79 Å². The summed E-state index contributed by atoms with van der Waals surface area (Å²) in [4.78, 5) is 30.0. The molecule has 0 bridgehead atoms. The Kier molecular flexibility index (Phi) is 10.5. The average molecular weight is 569 g/mol. The molecule has 2 amide bonds. The van der Waals surface area contributed by atoms with Gasteiger partial charge in [-0.25, -0.2) is 4.79 Å². The Balaban J connectivity index is 1.49. The fraction of sp³-hybridized carbons (Fsp3) is 0.562. The largest absolute Gasteiger partial charge is 0.490 e.